The first-order chi connectivity index (χ1) is 6.36. The number of piperidine rings is 1. The van der Waals surface area contributed by atoms with Gasteiger partial charge in [0.2, 0.25) is 0 Å². The summed E-state index contributed by atoms with van der Waals surface area (Å²) in [5.74, 6) is 0. The Kier molecular flexibility index (Phi) is 3.19. The molecule has 0 aliphatic carbocycles. The summed E-state index contributed by atoms with van der Waals surface area (Å²) < 4.78 is 0. The molecule has 0 amide bonds. The fraction of sp³-hybridized carbons (Fsp3) is 1.00. The van der Waals surface area contributed by atoms with Gasteiger partial charge in [-0.2, -0.15) is 0 Å². The SMILES string of the molecule is CN1CCN([C@@H]2CCCNC2)CC1. The average molecular weight is 183 g/mol. The lowest BCUT2D eigenvalue weighted by Gasteiger charge is -2.39. The Bertz CT molecular complexity index is 146. The van der Waals surface area contributed by atoms with E-state index in [9.17, 15) is 0 Å². The Balaban J connectivity index is 1.79. The average Bonchev–Trinajstić information content (AvgIpc) is 2.20. The summed E-state index contributed by atoms with van der Waals surface area (Å²) in [6.45, 7) is 7.46. The predicted octanol–water partition coefficient (Wildman–Crippen LogP) is -0.0142. The highest BCUT2D eigenvalue weighted by molar-refractivity contribution is 4.81. The molecule has 0 aromatic heterocycles. The second-order valence-electron chi connectivity index (χ2n) is 4.34. The minimum atomic E-state index is 0.822. The molecular weight excluding hydrogens is 162 g/mol. The quantitative estimate of drug-likeness (QED) is 0.616. The molecule has 2 rings (SSSR count). The highest BCUT2D eigenvalue weighted by Gasteiger charge is 2.23. The second kappa shape index (κ2) is 4.40. The molecule has 2 fully saturated rings. The van der Waals surface area contributed by atoms with Gasteiger partial charge in [0, 0.05) is 38.8 Å². The lowest BCUT2D eigenvalue weighted by atomic mass is 10.1. The summed E-state index contributed by atoms with van der Waals surface area (Å²) in [5.41, 5.74) is 0. The molecule has 13 heavy (non-hydrogen) atoms. The van der Waals surface area contributed by atoms with E-state index in [1.807, 2.05) is 0 Å². The van der Waals surface area contributed by atoms with E-state index in [2.05, 4.69) is 22.2 Å². The lowest BCUT2D eigenvalue weighted by molar-refractivity contribution is 0.0974. The molecule has 2 aliphatic rings. The van der Waals surface area contributed by atoms with Crippen molar-refractivity contribution in [2.24, 2.45) is 0 Å². The van der Waals surface area contributed by atoms with E-state index >= 15 is 0 Å². The first-order valence-electron chi connectivity index (χ1n) is 5.49. The zero-order valence-corrected chi connectivity index (χ0v) is 8.63. The molecule has 0 bridgehead atoms. The van der Waals surface area contributed by atoms with Crippen molar-refractivity contribution < 1.29 is 0 Å². The highest BCUT2D eigenvalue weighted by atomic mass is 15.3. The van der Waals surface area contributed by atoms with E-state index in [-0.39, 0.29) is 0 Å². The number of nitrogens with one attached hydrogen (secondary N) is 1. The van der Waals surface area contributed by atoms with Crippen LogP contribution in [-0.2, 0) is 0 Å². The van der Waals surface area contributed by atoms with E-state index in [1.165, 1.54) is 52.1 Å². The summed E-state index contributed by atoms with van der Waals surface area (Å²) in [6, 6.07) is 0.822. The maximum atomic E-state index is 3.49. The maximum Gasteiger partial charge on any atom is 0.0222 e. The van der Waals surface area contributed by atoms with Crippen LogP contribution in [0.5, 0.6) is 0 Å². The third-order valence-electron chi connectivity index (χ3n) is 3.33. The van der Waals surface area contributed by atoms with Crippen molar-refractivity contribution in [2.75, 3.05) is 46.3 Å². The zero-order chi connectivity index (χ0) is 9.10. The standard InChI is InChI=1S/C10H21N3/c1-12-5-7-13(8-6-12)10-3-2-4-11-9-10/h10-11H,2-9H2,1H3/t10-/m1/s1. The van der Waals surface area contributed by atoms with Gasteiger partial charge in [0.1, 0.15) is 0 Å². The summed E-state index contributed by atoms with van der Waals surface area (Å²) in [5, 5.41) is 3.49. The fourth-order valence-corrected chi connectivity index (χ4v) is 2.33. The van der Waals surface area contributed by atoms with Crippen LogP contribution in [0.15, 0.2) is 0 Å². The van der Waals surface area contributed by atoms with E-state index in [4.69, 9.17) is 0 Å². The molecule has 0 saturated carbocycles. The van der Waals surface area contributed by atoms with Crippen molar-refractivity contribution in [3.8, 4) is 0 Å². The third-order valence-corrected chi connectivity index (χ3v) is 3.33. The summed E-state index contributed by atoms with van der Waals surface area (Å²) in [7, 11) is 2.22. The van der Waals surface area contributed by atoms with Crippen LogP contribution in [0.25, 0.3) is 0 Å². The van der Waals surface area contributed by atoms with Gasteiger partial charge < -0.3 is 10.2 Å². The monoisotopic (exact) mass is 183 g/mol. The van der Waals surface area contributed by atoms with Gasteiger partial charge in [0.15, 0.2) is 0 Å². The van der Waals surface area contributed by atoms with Crippen LogP contribution >= 0.6 is 0 Å². The Labute approximate surface area is 81.1 Å². The van der Waals surface area contributed by atoms with Crippen LogP contribution in [0.3, 0.4) is 0 Å². The first kappa shape index (κ1) is 9.44. The van der Waals surface area contributed by atoms with E-state index < -0.39 is 0 Å². The molecule has 3 nitrogen and oxygen atoms in total. The smallest absolute Gasteiger partial charge is 0.0222 e. The van der Waals surface area contributed by atoms with Crippen LogP contribution in [0.2, 0.25) is 0 Å². The number of piperazine rings is 1. The number of hydrogen-bond donors (Lipinski definition) is 1. The highest BCUT2D eigenvalue weighted by Crippen LogP contribution is 2.12. The molecule has 3 heteroatoms. The predicted molar refractivity (Wildman–Crippen MR) is 55.0 cm³/mol. The minimum absolute atomic E-state index is 0.822. The molecule has 2 heterocycles. The number of nitrogens with zero attached hydrogens (tertiary/aromatic N) is 2. The molecule has 0 aromatic rings. The summed E-state index contributed by atoms with van der Waals surface area (Å²) in [4.78, 5) is 5.08. The van der Waals surface area contributed by atoms with Crippen LogP contribution in [0.4, 0.5) is 0 Å². The van der Waals surface area contributed by atoms with Crippen molar-refractivity contribution in [2.45, 2.75) is 18.9 Å². The molecule has 0 spiro atoms. The first-order valence-corrected chi connectivity index (χ1v) is 5.49. The molecule has 76 valence electrons. The molecule has 0 unspecified atom stereocenters. The molecule has 1 atom stereocenters. The molecule has 2 aliphatic heterocycles. The number of rotatable bonds is 1. The molecule has 1 N–H and O–H groups in total. The molecular formula is C10H21N3. The topological polar surface area (TPSA) is 18.5 Å². The summed E-state index contributed by atoms with van der Waals surface area (Å²) in [6.07, 6.45) is 2.76. The zero-order valence-electron chi connectivity index (χ0n) is 8.63. The maximum absolute atomic E-state index is 3.49. The lowest BCUT2D eigenvalue weighted by Crippen LogP contribution is -2.53. The van der Waals surface area contributed by atoms with Gasteiger partial charge in [0.05, 0.1) is 0 Å². The van der Waals surface area contributed by atoms with Crippen LogP contribution in [0, 0.1) is 0 Å². The second-order valence-corrected chi connectivity index (χ2v) is 4.34. The largest absolute Gasteiger partial charge is 0.315 e. The van der Waals surface area contributed by atoms with E-state index in [1.54, 1.807) is 0 Å². The van der Waals surface area contributed by atoms with Crippen molar-refractivity contribution in [3.63, 3.8) is 0 Å². The van der Waals surface area contributed by atoms with Gasteiger partial charge in [-0.05, 0) is 26.4 Å². The van der Waals surface area contributed by atoms with Crippen molar-refractivity contribution in [1.82, 2.24) is 15.1 Å². The minimum Gasteiger partial charge on any atom is -0.315 e. The fourth-order valence-electron chi connectivity index (χ4n) is 2.33. The van der Waals surface area contributed by atoms with E-state index in [0.29, 0.717) is 0 Å². The van der Waals surface area contributed by atoms with Gasteiger partial charge >= 0.3 is 0 Å². The van der Waals surface area contributed by atoms with Gasteiger partial charge in [0.25, 0.3) is 0 Å². The van der Waals surface area contributed by atoms with E-state index in [0.717, 1.165) is 6.04 Å². The number of likely N-dealkylation sites (N-methyl/N-ethyl adjacent to an activating group) is 1. The van der Waals surface area contributed by atoms with Crippen molar-refractivity contribution >= 4 is 0 Å². The Hall–Kier alpha value is -0.120. The number of hydrogen-bond acceptors (Lipinski definition) is 3. The van der Waals surface area contributed by atoms with Crippen LogP contribution in [-0.4, -0.2) is 62.2 Å². The Morgan fingerprint density at radius 1 is 1.15 bits per heavy atom. The molecule has 0 aromatic carbocycles. The van der Waals surface area contributed by atoms with Crippen molar-refractivity contribution in [3.05, 3.63) is 0 Å². The summed E-state index contributed by atoms with van der Waals surface area (Å²) >= 11 is 0. The Morgan fingerprint density at radius 3 is 2.54 bits per heavy atom. The van der Waals surface area contributed by atoms with Crippen molar-refractivity contribution in [1.29, 1.82) is 0 Å². The van der Waals surface area contributed by atoms with Gasteiger partial charge in [-0.15, -0.1) is 0 Å². The Morgan fingerprint density at radius 2 is 1.92 bits per heavy atom. The van der Waals surface area contributed by atoms with Gasteiger partial charge in [-0.1, -0.05) is 0 Å². The normalized spacial score (nSPS) is 33.5. The third kappa shape index (κ3) is 2.42. The van der Waals surface area contributed by atoms with Gasteiger partial charge in [-0.3, -0.25) is 4.90 Å². The van der Waals surface area contributed by atoms with Gasteiger partial charge in [-0.25, -0.2) is 0 Å². The molecule has 0 radical (unpaired) electrons. The van der Waals surface area contributed by atoms with Crippen LogP contribution < -0.4 is 5.32 Å². The molecule has 2 saturated heterocycles. The van der Waals surface area contributed by atoms with Crippen LogP contribution in [0.1, 0.15) is 12.8 Å².